The number of carbonyl (C=O) groups is 1. The van der Waals surface area contributed by atoms with Crippen molar-refractivity contribution >= 4 is 5.91 Å². The third-order valence-corrected chi connectivity index (χ3v) is 2.45. The maximum Gasteiger partial charge on any atom is 0.233 e. The molecule has 0 saturated carbocycles. The van der Waals surface area contributed by atoms with Crippen molar-refractivity contribution in [1.29, 1.82) is 0 Å². The highest BCUT2D eigenvalue weighted by molar-refractivity contribution is 5.77. The van der Waals surface area contributed by atoms with Crippen LogP contribution < -0.4 is 15.4 Å². The highest BCUT2D eigenvalue weighted by Crippen LogP contribution is 2.23. The molecular weight excluding hydrogens is 204 g/mol. The topological polar surface area (TPSA) is 50.4 Å². The average molecular weight is 222 g/mol. The van der Waals surface area contributed by atoms with E-state index in [1.54, 1.807) is 14.2 Å². The molecule has 1 amide bonds. The van der Waals surface area contributed by atoms with E-state index in [9.17, 15) is 4.79 Å². The summed E-state index contributed by atoms with van der Waals surface area (Å²) in [7, 11) is 3.27. The molecular formula is C12H18N2O2. The Morgan fingerprint density at radius 3 is 2.75 bits per heavy atom. The van der Waals surface area contributed by atoms with Gasteiger partial charge in [0.25, 0.3) is 0 Å². The summed E-state index contributed by atoms with van der Waals surface area (Å²) in [6, 6.07) is 7.85. The molecule has 0 radical (unpaired) electrons. The number of hydrogen-bond acceptors (Lipinski definition) is 3. The molecule has 4 heteroatoms. The number of benzene rings is 1. The van der Waals surface area contributed by atoms with E-state index in [2.05, 4.69) is 10.6 Å². The molecule has 0 spiro atoms. The van der Waals surface area contributed by atoms with Crippen LogP contribution in [0.1, 0.15) is 18.5 Å². The molecule has 0 aliphatic heterocycles. The van der Waals surface area contributed by atoms with Crippen LogP contribution in [0.3, 0.4) is 0 Å². The van der Waals surface area contributed by atoms with E-state index in [0.717, 1.165) is 11.3 Å². The van der Waals surface area contributed by atoms with E-state index < -0.39 is 0 Å². The van der Waals surface area contributed by atoms with Crippen molar-refractivity contribution in [2.24, 2.45) is 0 Å². The SMILES string of the molecule is CNC(=O)CN[C@H](C)c1ccccc1OC. The van der Waals surface area contributed by atoms with E-state index >= 15 is 0 Å². The van der Waals surface area contributed by atoms with Crippen LogP contribution in [-0.4, -0.2) is 26.6 Å². The van der Waals surface area contributed by atoms with Gasteiger partial charge in [0.2, 0.25) is 5.91 Å². The Morgan fingerprint density at radius 1 is 1.44 bits per heavy atom. The summed E-state index contributed by atoms with van der Waals surface area (Å²) in [6.07, 6.45) is 0. The monoisotopic (exact) mass is 222 g/mol. The molecule has 0 saturated heterocycles. The Kier molecular flexibility index (Phi) is 4.79. The average Bonchev–Trinajstić information content (AvgIpc) is 2.35. The third-order valence-electron chi connectivity index (χ3n) is 2.45. The van der Waals surface area contributed by atoms with Gasteiger partial charge in [-0.2, -0.15) is 0 Å². The summed E-state index contributed by atoms with van der Waals surface area (Å²) >= 11 is 0. The van der Waals surface area contributed by atoms with E-state index in [4.69, 9.17) is 4.74 Å². The molecule has 1 aromatic carbocycles. The van der Waals surface area contributed by atoms with Gasteiger partial charge in [0.05, 0.1) is 13.7 Å². The number of likely N-dealkylation sites (N-methyl/N-ethyl adjacent to an activating group) is 1. The Labute approximate surface area is 96.0 Å². The van der Waals surface area contributed by atoms with Crippen LogP contribution in [0.4, 0.5) is 0 Å². The summed E-state index contributed by atoms with van der Waals surface area (Å²) in [6.45, 7) is 2.30. The van der Waals surface area contributed by atoms with Gasteiger partial charge in [0.1, 0.15) is 5.75 Å². The zero-order chi connectivity index (χ0) is 12.0. The molecule has 0 aliphatic carbocycles. The number of amides is 1. The fourth-order valence-electron chi connectivity index (χ4n) is 1.47. The predicted molar refractivity (Wildman–Crippen MR) is 63.5 cm³/mol. The first kappa shape index (κ1) is 12.5. The summed E-state index contributed by atoms with van der Waals surface area (Å²) in [5.41, 5.74) is 1.05. The highest BCUT2D eigenvalue weighted by atomic mass is 16.5. The van der Waals surface area contributed by atoms with Gasteiger partial charge in [-0.1, -0.05) is 18.2 Å². The van der Waals surface area contributed by atoms with Crippen molar-refractivity contribution in [1.82, 2.24) is 10.6 Å². The number of nitrogens with one attached hydrogen (secondary N) is 2. The quantitative estimate of drug-likeness (QED) is 0.784. The van der Waals surface area contributed by atoms with Gasteiger partial charge >= 0.3 is 0 Å². The summed E-state index contributed by atoms with van der Waals surface area (Å²) in [5, 5.41) is 5.70. The van der Waals surface area contributed by atoms with E-state index in [0.29, 0.717) is 6.54 Å². The second-order valence-corrected chi connectivity index (χ2v) is 3.52. The molecule has 88 valence electrons. The maximum absolute atomic E-state index is 11.1. The van der Waals surface area contributed by atoms with Gasteiger partial charge < -0.3 is 15.4 Å². The second-order valence-electron chi connectivity index (χ2n) is 3.52. The van der Waals surface area contributed by atoms with E-state index in [1.165, 1.54) is 0 Å². The molecule has 1 atom stereocenters. The number of rotatable bonds is 5. The first-order valence-electron chi connectivity index (χ1n) is 5.26. The van der Waals surface area contributed by atoms with Gasteiger partial charge in [-0.3, -0.25) is 4.79 Å². The molecule has 0 unspecified atom stereocenters. The minimum Gasteiger partial charge on any atom is -0.496 e. The lowest BCUT2D eigenvalue weighted by Gasteiger charge is -2.16. The minimum absolute atomic E-state index is 0.0262. The van der Waals surface area contributed by atoms with Gasteiger partial charge in [-0.15, -0.1) is 0 Å². The Bertz CT molecular complexity index is 353. The van der Waals surface area contributed by atoms with Crippen LogP contribution in [0.5, 0.6) is 5.75 Å². The number of ether oxygens (including phenoxy) is 1. The maximum atomic E-state index is 11.1. The van der Waals surface area contributed by atoms with Gasteiger partial charge in [0.15, 0.2) is 0 Å². The predicted octanol–water partition coefficient (Wildman–Crippen LogP) is 1.09. The van der Waals surface area contributed by atoms with Crippen molar-refractivity contribution in [2.75, 3.05) is 20.7 Å². The summed E-state index contributed by atoms with van der Waals surface area (Å²) in [4.78, 5) is 11.1. The molecule has 0 aromatic heterocycles. The largest absolute Gasteiger partial charge is 0.496 e. The number of methoxy groups -OCH3 is 1. The van der Waals surface area contributed by atoms with Crippen LogP contribution in [0.25, 0.3) is 0 Å². The van der Waals surface area contributed by atoms with Crippen molar-refractivity contribution in [3.8, 4) is 5.75 Å². The highest BCUT2D eigenvalue weighted by Gasteiger charge is 2.10. The zero-order valence-corrected chi connectivity index (χ0v) is 9.91. The first-order chi connectivity index (χ1) is 7.69. The smallest absolute Gasteiger partial charge is 0.233 e. The molecule has 1 aromatic rings. The standard InChI is InChI=1S/C12H18N2O2/c1-9(14-8-12(15)13-2)10-6-4-5-7-11(10)16-3/h4-7,9,14H,8H2,1-3H3,(H,13,15)/t9-/m1/s1. The second kappa shape index (κ2) is 6.12. The normalized spacial score (nSPS) is 11.9. The molecule has 0 heterocycles. The van der Waals surface area contributed by atoms with Crippen LogP contribution in [-0.2, 0) is 4.79 Å². The first-order valence-corrected chi connectivity index (χ1v) is 5.26. The molecule has 4 nitrogen and oxygen atoms in total. The Balaban J connectivity index is 2.65. The lowest BCUT2D eigenvalue weighted by molar-refractivity contribution is -0.119. The fraction of sp³-hybridized carbons (Fsp3) is 0.417. The van der Waals surface area contributed by atoms with Gasteiger partial charge in [0, 0.05) is 18.7 Å². The molecule has 0 bridgehead atoms. The fourth-order valence-corrected chi connectivity index (χ4v) is 1.47. The van der Waals surface area contributed by atoms with Gasteiger partial charge in [-0.25, -0.2) is 0 Å². The lowest BCUT2D eigenvalue weighted by atomic mass is 10.1. The van der Waals surface area contributed by atoms with Gasteiger partial charge in [-0.05, 0) is 13.0 Å². The van der Waals surface area contributed by atoms with Crippen molar-refractivity contribution in [2.45, 2.75) is 13.0 Å². The number of carbonyl (C=O) groups excluding carboxylic acids is 1. The van der Waals surface area contributed by atoms with Crippen molar-refractivity contribution < 1.29 is 9.53 Å². The lowest BCUT2D eigenvalue weighted by Crippen LogP contribution is -2.32. The van der Waals surface area contributed by atoms with Crippen molar-refractivity contribution in [3.05, 3.63) is 29.8 Å². The molecule has 16 heavy (non-hydrogen) atoms. The zero-order valence-electron chi connectivity index (χ0n) is 9.91. The molecule has 1 rings (SSSR count). The Hall–Kier alpha value is -1.55. The molecule has 2 N–H and O–H groups in total. The third kappa shape index (κ3) is 3.24. The van der Waals surface area contributed by atoms with Crippen LogP contribution in [0, 0.1) is 0 Å². The van der Waals surface area contributed by atoms with E-state index in [1.807, 2.05) is 31.2 Å². The minimum atomic E-state index is -0.0262. The number of hydrogen-bond donors (Lipinski definition) is 2. The number of para-hydroxylation sites is 1. The van der Waals surface area contributed by atoms with Crippen LogP contribution >= 0.6 is 0 Å². The van der Waals surface area contributed by atoms with Crippen molar-refractivity contribution in [3.63, 3.8) is 0 Å². The van der Waals surface area contributed by atoms with Crippen LogP contribution in [0.2, 0.25) is 0 Å². The Morgan fingerprint density at radius 2 is 2.12 bits per heavy atom. The molecule has 0 fully saturated rings. The summed E-state index contributed by atoms with van der Waals surface area (Å²) in [5.74, 6) is 0.807. The molecule has 0 aliphatic rings. The summed E-state index contributed by atoms with van der Waals surface area (Å²) < 4.78 is 5.26. The van der Waals surface area contributed by atoms with E-state index in [-0.39, 0.29) is 11.9 Å². The van der Waals surface area contributed by atoms with Crippen LogP contribution in [0.15, 0.2) is 24.3 Å².